The van der Waals surface area contributed by atoms with Crippen molar-refractivity contribution in [3.05, 3.63) is 42.6 Å². The van der Waals surface area contributed by atoms with Crippen molar-refractivity contribution in [3.63, 3.8) is 0 Å². The van der Waals surface area contributed by atoms with Crippen LogP contribution in [0.4, 0.5) is 0 Å². The summed E-state index contributed by atoms with van der Waals surface area (Å²) in [4.78, 5) is 47.5. The quantitative estimate of drug-likeness (QED) is 0.398. The fourth-order valence-electron chi connectivity index (χ4n) is 7.01. The number of amides is 3. The van der Waals surface area contributed by atoms with Gasteiger partial charge in [-0.2, -0.15) is 0 Å². The van der Waals surface area contributed by atoms with Crippen LogP contribution in [0.5, 0.6) is 11.6 Å². The molecule has 1 aromatic heterocycles. The van der Waals surface area contributed by atoms with E-state index in [1.165, 1.54) is 0 Å². The molecule has 2 N–H and O–H groups in total. The molecular formula is C35H46N4O7S. The van der Waals surface area contributed by atoms with Gasteiger partial charge in [-0.3, -0.25) is 19.1 Å². The number of benzene rings is 1. The van der Waals surface area contributed by atoms with Gasteiger partial charge in [-0.25, -0.2) is 13.4 Å². The largest absolute Gasteiger partial charge is 0.494 e. The van der Waals surface area contributed by atoms with Gasteiger partial charge in [-0.05, 0) is 86.4 Å². The number of fused-ring (bicyclic) bond motifs is 3. The zero-order valence-electron chi connectivity index (χ0n) is 27.4. The first kappa shape index (κ1) is 33.2. The normalized spacial score (nSPS) is 30.7. The van der Waals surface area contributed by atoms with Crippen molar-refractivity contribution in [3.8, 4) is 11.6 Å². The minimum absolute atomic E-state index is 0.122. The molecule has 6 atom stereocenters. The van der Waals surface area contributed by atoms with E-state index in [0.29, 0.717) is 37.7 Å². The van der Waals surface area contributed by atoms with Gasteiger partial charge in [0.1, 0.15) is 23.4 Å². The van der Waals surface area contributed by atoms with E-state index in [2.05, 4.69) is 28.9 Å². The van der Waals surface area contributed by atoms with Gasteiger partial charge in [-0.15, -0.1) is 0 Å². The minimum Gasteiger partial charge on any atom is -0.494 e. The Kier molecular flexibility index (Phi) is 9.51. The molecule has 3 amide bonds. The number of ether oxygens (including phenoxy) is 2. The number of hydrogen-bond acceptors (Lipinski definition) is 8. The molecule has 0 bridgehead atoms. The zero-order valence-corrected chi connectivity index (χ0v) is 28.3. The fourth-order valence-corrected chi connectivity index (χ4v) is 8.37. The second-order valence-corrected chi connectivity index (χ2v) is 15.9. The van der Waals surface area contributed by atoms with E-state index in [4.69, 9.17) is 9.47 Å². The third kappa shape index (κ3) is 7.42. The van der Waals surface area contributed by atoms with E-state index in [1.807, 2.05) is 43.3 Å². The van der Waals surface area contributed by atoms with Crippen LogP contribution in [0, 0.1) is 17.8 Å². The predicted octanol–water partition coefficient (Wildman–Crippen LogP) is 4.26. The number of hydrogen-bond donors (Lipinski definition) is 2. The van der Waals surface area contributed by atoms with Crippen LogP contribution in [0.1, 0.15) is 78.6 Å². The molecule has 0 spiro atoms. The summed E-state index contributed by atoms with van der Waals surface area (Å²) in [6, 6.07) is 6.70. The predicted molar refractivity (Wildman–Crippen MR) is 177 cm³/mol. The maximum Gasteiger partial charge on any atom is 0.259 e. The summed E-state index contributed by atoms with van der Waals surface area (Å²) in [6.07, 6.45) is 10.4. The van der Waals surface area contributed by atoms with Gasteiger partial charge in [0, 0.05) is 30.3 Å². The number of sulfonamides is 1. The Balaban J connectivity index is 1.26. The third-order valence-corrected chi connectivity index (χ3v) is 11.6. The summed E-state index contributed by atoms with van der Waals surface area (Å²) in [5, 5.41) is 4.04. The second kappa shape index (κ2) is 13.4. The maximum atomic E-state index is 14.1. The Morgan fingerprint density at radius 3 is 2.70 bits per heavy atom. The summed E-state index contributed by atoms with van der Waals surface area (Å²) in [5.41, 5.74) is -1.39. The average molecular weight is 667 g/mol. The van der Waals surface area contributed by atoms with Gasteiger partial charge in [0.25, 0.3) is 5.91 Å². The molecule has 2 aromatic rings. The highest BCUT2D eigenvalue weighted by Crippen LogP contribution is 2.46. The number of aromatic nitrogens is 1. The molecule has 1 aromatic carbocycles. The lowest BCUT2D eigenvalue weighted by atomic mass is 9.91. The van der Waals surface area contributed by atoms with Crippen molar-refractivity contribution >= 4 is 38.5 Å². The van der Waals surface area contributed by atoms with E-state index in [-0.39, 0.29) is 37.1 Å². The van der Waals surface area contributed by atoms with E-state index in [0.717, 1.165) is 42.2 Å². The molecule has 6 rings (SSSR count). The lowest BCUT2D eigenvalue weighted by molar-refractivity contribution is -0.140. The lowest BCUT2D eigenvalue weighted by Crippen LogP contribution is -2.56. The molecule has 2 saturated carbocycles. The Bertz CT molecular complexity index is 1660. The Morgan fingerprint density at radius 2 is 1.94 bits per heavy atom. The van der Waals surface area contributed by atoms with Gasteiger partial charge in [0.15, 0.2) is 0 Å². The average Bonchev–Trinajstić information content (AvgIpc) is 3.95. The van der Waals surface area contributed by atoms with Gasteiger partial charge < -0.3 is 19.7 Å². The number of nitrogens with zero attached hydrogens (tertiary/aromatic N) is 2. The van der Waals surface area contributed by atoms with Crippen LogP contribution < -0.4 is 19.5 Å². The zero-order chi connectivity index (χ0) is 33.3. The number of rotatable bonds is 8. The number of nitrogens with one attached hydrogen (secondary N) is 2. The first-order valence-corrected chi connectivity index (χ1v) is 18.6. The maximum absolute atomic E-state index is 14.1. The van der Waals surface area contributed by atoms with Gasteiger partial charge in [-0.1, -0.05) is 32.9 Å². The fraction of sp³-hybridized carbons (Fsp3) is 0.600. The van der Waals surface area contributed by atoms with Gasteiger partial charge in [0.2, 0.25) is 27.7 Å². The van der Waals surface area contributed by atoms with Crippen LogP contribution in [0.2, 0.25) is 0 Å². The Morgan fingerprint density at radius 1 is 1.13 bits per heavy atom. The van der Waals surface area contributed by atoms with E-state index < -0.39 is 44.8 Å². The van der Waals surface area contributed by atoms with Gasteiger partial charge in [0.05, 0.1) is 18.4 Å². The first-order valence-electron chi connectivity index (χ1n) is 17.0. The van der Waals surface area contributed by atoms with E-state index in [1.54, 1.807) is 11.1 Å². The van der Waals surface area contributed by atoms with Crippen molar-refractivity contribution in [2.24, 2.45) is 17.8 Å². The monoisotopic (exact) mass is 666 g/mol. The molecule has 2 aliphatic heterocycles. The Hall–Kier alpha value is -3.67. The number of carbonyl (C=O) groups is 3. The number of pyridine rings is 1. The molecule has 0 radical (unpaired) electrons. The summed E-state index contributed by atoms with van der Waals surface area (Å²) < 4.78 is 39.9. The molecule has 11 nitrogen and oxygen atoms in total. The van der Waals surface area contributed by atoms with Crippen molar-refractivity contribution in [1.29, 1.82) is 0 Å². The van der Waals surface area contributed by atoms with Crippen LogP contribution in [-0.2, 0) is 24.4 Å². The topological polar surface area (TPSA) is 144 Å². The van der Waals surface area contributed by atoms with Crippen LogP contribution in [0.3, 0.4) is 0 Å². The SMILES string of the molecule is CCCOc1ccc2c(O[C@@H]3C[C@H]4C(=O)N[C@]5(C(=O)NS(=O)(=O)C6CC6)C[C@H]5/C=C\CC[C@@H](C)C[C@@H](C)CC(=O)N4C3)nccc2c1. The molecule has 12 heteroatoms. The molecule has 0 unspecified atom stereocenters. The van der Waals surface area contributed by atoms with Crippen molar-refractivity contribution in [2.75, 3.05) is 13.2 Å². The van der Waals surface area contributed by atoms with Crippen molar-refractivity contribution in [2.45, 2.75) is 101 Å². The van der Waals surface area contributed by atoms with Gasteiger partial charge >= 0.3 is 0 Å². The smallest absolute Gasteiger partial charge is 0.259 e. The summed E-state index contributed by atoms with van der Waals surface area (Å²) in [5.74, 6) is -0.0238. The summed E-state index contributed by atoms with van der Waals surface area (Å²) in [7, 11) is -3.81. The molecule has 4 aliphatic rings. The van der Waals surface area contributed by atoms with Crippen LogP contribution in [0.15, 0.2) is 42.6 Å². The summed E-state index contributed by atoms with van der Waals surface area (Å²) >= 11 is 0. The van der Waals surface area contributed by atoms with Crippen LogP contribution >= 0.6 is 0 Å². The van der Waals surface area contributed by atoms with Crippen LogP contribution in [0.25, 0.3) is 10.8 Å². The molecule has 3 fully saturated rings. The molecule has 2 aliphatic carbocycles. The highest BCUT2D eigenvalue weighted by Gasteiger charge is 2.62. The molecular weight excluding hydrogens is 620 g/mol. The minimum atomic E-state index is -3.81. The standard InChI is InChI=1S/C35H46N4O7S/c1-4-15-45-26-9-12-29-24(18-26)13-14-36-33(29)46-27-19-30-32(41)37-35(34(42)38-47(43,44)28-10-11-28)20-25(35)8-6-5-7-22(2)16-23(3)17-31(40)39(30)21-27/h6,8-9,12-14,18,22-23,25,27-28,30H,4-5,7,10-11,15-17,19-21H2,1-3H3,(H,37,41)(H,38,42)/b8-6-/t22-,23-,25-,27-,30+,35-/m1/s1. The molecule has 254 valence electrons. The number of allylic oxidation sites excluding steroid dienone is 1. The number of carbonyl (C=O) groups excluding carboxylic acids is 3. The summed E-state index contributed by atoms with van der Waals surface area (Å²) in [6.45, 7) is 7.09. The Labute approximate surface area is 276 Å². The molecule has 3 heterocycles. The highest BCUT2D eigenvalue weighted by molar-refractivity contribution is 7.91. The van der Waals surface area contributed by atoms with Crippen LogP contribution in [-0.4, -0.2) is 72.1 Å². The highest BCUT2D eigenvalue weighted by atomic mass is 32.2. The van der Waals surface area contributed by atoms with E-state index in [9.17, 15) is 22.8 Å². The third-order valence-electron chi connectivity index (χ3n) is 9.82. The van der Waals surface area contributed by atoms with Crippen molar-refractivity contribution < 1.29 is 32.3 Å². The van der Waals surface area contributed by atoms with Crippen molar-refractivity contribution in [1.82, 2.24) is 19.9 Å². The molecule has 1 saturated heterocycles. The second-order valence-electron chi connectivity index (χ2n) is 14.0. The first-order chi connectivity index (χ1) is 22.5. The lowest BCUT2D eigenvalue weighted by Gasteiger charge is -2.27. The molecule has 47 heavy (non-hydrogen) atoms. The van der Waals surface area contributed by atoms with E-state index >= 15 is 0 Å².